The highest BCUT2D eigenvalue weighted by Gasteiger charge is 2.20. The number of aliphatic hydroxyl groups excluding tert-OH is 2. The first-order valence-electron chi connectivity index (χ1n) is 34.7. The van der Waals surface area contributed by atoms with Gasteiger partial charge >= 0.3 is 5.97 Å². The van der Waals surface area contributed by atoms with Crippen molar-refractivity contribution in [2.45, 2.75) is 392 Å². The molecule has 1 amide bonds. The third kappa shape index (κ3) is 63.1. The van der Waals surface area contributed by atoms with Gasteiger partial charge in [-0.3, -0.25) is 9.59 Å². The number of aliphatic hydroxyl groups is 2. The number of ether oxygens (including phenoxy) is 1. The standard InChI is InChI=1S/C71H135NO5/c1-3-5-7-9-11-13-15-17-19-20-21-22-23-24-26-29-32-36-39-43-47-51-55-59-63-69(74)68(67-73)72-70(75)64-60-56-52-48-44-40-37-33-30-27-25-28-31-34-38-42-46-50-54-58-62-66-77-71(76)65-61-57-53-49-45-41-35-18-16-14-12-10-8-6-4-2/h12,14,18,27,30,35,68-69,73-74H,3-11,13,15-17,19-26,28-29,31-34,36-67H2,1-2H3,(H,72,75)/b14-12-,30-27-,35-18-. The number of allylic oxidation sites excluding steroid dienone is 6. The smallest absolute Gasteiger partial charge is 0.305 e. The zero-order valence-corrected chi connectivity index (χ0v) is 52.0. The van der Waals surface area contributed by atoms with E-state index in [9.17, 15) is 19.8 Å². The molecule has 454 valence electrons. The molecule has 0 spiro atoms. The molecule has 0 aromatic carbocycles. The summed E-state index contributed by atoms with van der Waals surface area (Å²) in [4.78, 5) is 24.6. The number of unbranched alkanes of at least 4 members (excludes halogenated alkanes) is 48. The fraction of sp³-hybridized carbons (Fsp3) is 0.887. The van der Waals surface area contributed by atoms with Crippen LogP contribution in [0.4, 0.5) is 0 Å². The van der Waals surface area contributed by atoms with E-state index in [2.05, 4.69) is 55.6 Å². The van der Waals surface area contributed by atoms with E-state index in [1.165, 1.54) is 295 Å². The molecule has 0 radical (unpaired) electrons. The van der Waals surface area contributed by atoms with Crippen molar-refractivity contribution < 1.29 is 24.5 Å². The molecule has 2 atom stereocenters. The van der Waals surface area contributed by atoms with E-state index in [0.717, 1.165) is 51.4 Å². The van der Waals surface area contributed by atoms with E-state index in [4.69, 9.17) is 4.74 Å². The second kappa shape index (κ2) is 66.6. The van der Waals surface area contributed by atoms with Crippen molar-refractivity contribution >= 4 is 11.9 Å². The average molecular weight is 1080 g/mol. The molecule has 0 rings (SSSR count). The van der Waals surface area contributed by atoms with Gasteiger partial charge in [0.25, 0.3) is 0 Å². The van der Waals surface area contributed by atoms with Crippen LogP contribution in [0.15, 0.2) is 36.5 Å². The molecule has 6 heteroatoms. The third-order valence-corrected chi connectivity index (χ3v) is 16.2. The second-order valence-electron chi connectivity index (χ2n) is 23.9. The van der Waals surface area contributed by atoms with Gasteiger partial charge in [0.05, 0.1) is 25.4 Å². The monoisotopic (exact) mass is 1080 g/mol. The summed E-state index contributed by atoms with van der Waals surface area (Å²) in [5.74, 6) is -0.0442. The first-order valence-corrected chi connectivity index (χ1v) is 34.7. The zero-order valence-electron chi connectivity index (χ0n) is 52.0. The minimum absolute atomic E-state index is 0.00514. The van der Waals surface area contributed by atoms with E-state index >= 15 is 0 Å². The van der Waals surface area contributed by atoms with E-state index in [-0.39, 0.29) is 18.5 Å². The lowest BCUT2D eigenvalue weighted by Crippen LogP contribution is -2.45. The Labute approximate surface area is 481 Å². The minimum Gasteiger partial charge on any atom is -0.466 e. The molecule has 0 aromatic heterocycles. The highest BCUT2D eigenvalue weighted by Crippen LogP contribution is 2.18. The number of nitrogens with one attached hydrogen (secondary N) is 1. The largest absolute Gasteiger partial charge is 0.466 e. The fourth-order valence-electron chi connectivity index (χ4n) is 10.8. The Morgan fingerprint density at radius 3 is 1.03 bits per heavy atom. The SMILES string of the molecule is CCCCC/C=C\C/C=C\CCCCCCCC(=O)OCCCCCCCCCCCC/C=C\CCCCCCCCCC(=O)NC(CO)C(O)CCCCCCCCCCCCCCCCCCCCCCCCCC. The van der Waals surface area contributed by atoms with E-state index in [1.807, 2.05) is 0 Å². The number of hydrogen-bond donors (Lipinski definition) is 3. The summed E-state index contributed by atoms with van der Waals surface area (Å²) in [6, 6.07) is -0.549. The van der Waals surface area contributed by atoms with E-state index < -0.39 is 12.1 Å². The number of carbonyl (C=O) groups excluding carboxylic acids is 2. The van der Waals surface area contributed by atoms with Gasteiger partial charge in [0.15, 0.2) is 0 Å². The summed E-state index contributed by atoms with van der Waals surface area (Å²) in [6.07, 6.45) is 84.6. The predicted molar refractivity (Wildman–Crippen MR) is 338 cm³/mol. The van der Waals surface area contributed by atoms with Crippen LogP contribution in [0.25, 0.3) is 0 Å². The maximum absolute atomic E-state index is 12.5. The van der Waals surface area contributed by atoms with Gasteiger partial charge in [0.2, 0.25) is 5.91 Å². The molecule has 3 N–H and O–H groups in total. The summed E-state index contributed by atoms with van der Waals surface area (Å²) in [5.41, 5.74) is 0. The normalized spacial score (nSPS) is 12.7. The number of amides is 1. The minimum atomic E-state index is -0.671. The van der Waals surface area contributed by atoms with Crippen molar-refractivity contribution in [3.63, 3.8) is 0 Å². The molecule has 0 aliphatic heterocycles. The Morgan fingerprint density at radius 2 is 0.649 bits per heavy atom. The Kier molecular flexibility index (Phi) is 64.9. The molecule has 0 saturated heterocycles. The number of carbonyl (C=O) groups is 2. The number of esters is 1. The topological polar surface area (TPSA) is 95.9 Å². The van der Waals surface area contributed by atoms with Crippen LogP contribution >= 0.6 is 0 Å². The first kappa shape index (κ1) is 75.1. The lowest BCUT2D eigenvalue weighted by Gasteiger charge is -2.22. The lowest BCUT2D eigenvalue weighted by molar-refractivity contribution is -0.143. The van der Waals surface area contributed by atoms with Crippen molar-refractivity contribution in [2.24, 2.45) is 0 Å². The zero-order chi connectivity index (χ0) is 55.7. The molecule has 0 aromatic rings. The fourth-order valence-corrected chi connectivity index (χ4v) is 10.8. The number of rotatable bonds is 65. The molecule has 0 aliphatic rings. The van der Waals surface area contributed by atoms with Crippen LogP contribution in [0.1, 0.15) is 380 Å². The first-order chi connectivity index (χ1) is 38.0. The Morgan fingerprint density at radius 1 is 0.364 bits per heavy atom. The van der Waals surface area contributed by atoms with E-state index in [1.54, 1.807) is 0 Å². The Balaban J connectivity index is 3.43. The molecule has 0 fully saturated rings. The van der Waals surface area contributed by atoms with Gasteiger partial charge in [-0.1, -0.05) is 320 Å². The van der Waals surface area contributed by atoms with Crippen molar-refractivity contribution in [2.75, 3.05) is 13.2 Å². The Bertz CT molecular complexity index is 1250. The van der Waals surface area contributed by atoms with Crippen molar-refractivity contribution in [1.82, 2.24) is 5.32 Å². The van der Waals surface area contributed by atoms with Crippen molar-refractivity contribution in [3.8, 4) is 0 Å². The molecular weight excluding hydrogens is 947 g/mol. The van der Waals surface area contributed by atoms with Gasteiger partial charge in [0.1, 0.15) is 0 Å². The van der Waals surface area contributed by atoms with Crippen LogP contribution in [-0.4, -0.2) is 47.4 Å². The molecule has 0 aliphatic carbocycles. The summed E-state index contributed by atoms with van der Waals surface area (Å²) in [6.45, 7) is 4.94. The summed E-state index contributed by atoms with van der Waals surface area (Å²) >= 11 is 0. The van der Waals surface area contributed by atoms with Gasteiger partial charge < -0.3 is 20.3 Å². The van der Waals surface area contributed by atoms with Crippen LogP contribution in [0.5, 0.6) is 0 Å². The molecule has 6 nitrogen and oxygen atoms in total. The molecule has 0 saturated carbocycles. The van der Waals surface area contributed by atoms with Gasteiger partial charge in [0, 0.05) is 12.8 Å². The maximum atomic E-state index is 12.5. The van der Waals surface area contributed by atoms with Crippen LogP contribution in [0.3, 0.4) is 0 Å². The van der Waals surface area contributed by atoms with E-state index in [0.29, 0.717) is 25.9 Å². The highest BCUT2D eigenvalue weighted by molar-refractivity contribution is 5.76. The summed E-state index contributed by atoms with van der Waals surface area (Å²) in [5, 5.41) is 23.4. The molecule has 0 heterocycles. The van der Waals surface area contributed by atoms with Crippen LogP contribution in [-0.2, 0) is 14.3 Å². The average Bonchev–Trinajstić information content (AvgIpc) is 3.43. The van der Waals surface area contributed by atoms with Gasteiger partial charge in [-0.25, -0.2) is 0 Å². The molecule has 2 unspecified atom stereocenters. The van der Waals surface area contributed by atoms with Crippen molar-refractivity contribution in [1.29, 1.82) is 0 Å². The van der Waals surface area contributed by atoms with Gasteiger partial charge in [-0.15, -0.1) is 0 Å². The lowest BCUT2D eigenvalue weighted by atomic mass is 10.0. The Hall–Kier alpha value is -1.92. The molecule has 77 heavy (non-hydrogen) atoms. The molecule has 0 bridgehead atoms. The van der Waals surface area contributed by atoms with Gasteiger partial charge in [-0.2, -0.15) is 0 Å². The van der Waals surface area contributed by atoms with Crippen LogP contribution < -0.4 is 5.32 Å². The second-order valence-corrected chi connectivity index (χ2v) is 23.9. The van der Waals surface area contributed by atoms with Crippen LogP contribution in [0, 0.1) is 0 Å². The summed E-state index contributed by atoms with van der Waals surface area (Å²) < 4.78 is 5.48. The van der Waals surface area contributed by atoms with Crippen LogP contribution in [0.2, 0.25) is 0 Å². The summed E-state index contributed by atoms with van der Waals surface area (Å²) in [7, 11) is 0. The predicted octanol–water partition coefficient (Wildman–Crippen LogP) is 22.3. The quantitative estimate of drug-likeness (QED) is 0.0320. The highest BCUT2D eigenvalue weighted by atomic mass is 16.5. The third-order valence-electron chi connectivity index (χ3n) is 16.2. The van der Waals surface area contributed by atoms with Gasteiger partial charge in [-0.05, 0) is 83.5 Å². The molecular formula is C71H135NO5. The van der Waals surface area contributed by atoms with Crippen molar-refractivity contribution in [3.05, 3.63) is 36.5 Å². The maximum Gasteiger partial charge on any atom is 0.305 e. The number of hydrogen-bond acceptors (Lipinski definition) is 5.